The summed E-state index contributed by atoms with van der Waals surface area (Å²) in [7, 11) is 4.33. The second-order valence-corrected chi connectivity index (χ2v) is 8.75. The fourth-order valence-electron chi connectivity index (χ4n) is 4.36. The van der Waals surface area contributed by atoms with Gasteiger partial charge < -0.3 is 24.1 Å². The summed E-state index contributed by atoms with van der Waals surface area (Å²) in [6.07, 6.45) is 2.93. The summed E-state index contributed by atoms with van der Waals surface area (Å²) >= 11 is 0. The third-order valence-corrected chi connectivity index (χ3v) is 6.24. The first-order chi connectivity index (χ1) is 17.7. The number of pyridine rings is 1. The van der Waals surface area contributed by atoms with Gasteiger partial charge in [0.2, 0.25) is 5.88 Å². The lowest BCUT2D eigenvalue weighted by Gasteiger charge is -2.29. The number of methoxy groups -OCH3 is 1. The number of ether oxygens (including phenoxy) is 1. The van der Waals surface area contributed by atoms with Gasteiger partial charge in [0, 0.05) is 44.8 Å². The van der Waals surface area contributed by atoms with E-state index >= 15 is 0 Å². The highest BCUT2D eigenvalue weighted by molar-refractivity contribution is 6.44. The van der Waals surface area contributed by atoms with Crippen LogP contribution in [0.2, 0.25) is 0 Å². The van der Waals surface area contributed by atoms with E-state index in [2.05, 4.69) is 15.0 Å². The minimum absolute atomic E-state index is 0.0606. The Bertz CT molecular complexity index is 1570. The summed E-state index contributed by atoms with van der Waals surface area (Å²) in [5, 5.41) is 0.320. The molecule has 0 fully saturated rings. The molecule has 0 spiro atoms. The number of carbonyl (C=O) groups is 3. The molecule has 190 valence electrons. The molecule has 5 rings (SSSR count). The maximum absolute atomic E-state index is 14.3. The van der Waals surface area contributed by atoms with E-state index in [0.717, 1.165) is 6.07 Å². The maximum Gasteiger partial charge on any atom is 0.294 e. The number of benzene rings is 1. The second-order valence-electron chi connectivity index (χ2n) is 8.75. The van der Waals surface area contributed by atoms with Gasteiger partial charge in [-0.15, -0.1) is 0 Å². The smallest absolute Gasteiger partial charge is 0.294 e. The van der Waals surface area contributed by atoms with Crippen molar-refractivity contribution in [2.45, 2.75) is 13.1 Å². The van der Waals surface area contributed by atoms with Crippen molar-refractivity contribution in [3.8, 4) is 17.3 Å². The molecule has 0 radical (unpaired) electrons. The number of Topliss-reactive ketones (excluding diaryl/α,β-unsaturated/α-hetero) is 1. The summed E-state index contributed by atoms with van der Waals surface area (Å²) < 4.78 is 34.8. The number of likely N-dealkylation sites (N-methyl/N-ethyl adjacent to an activating group) is 1. The number of amides is 2. The van der Waals surface area contributed by atoms with Crippen molar-refractivity contribution in [3.63, 3.8) is 0 Å². The first-order valence-corrected chi connectivity index (χ1v) is 11.3. The molecule has 0 saturated carbocycles. The van der Waals surface area contributed by atoms with Gasteiger partial charge in [-0.05, 0) is 18.2 Å². The van der Waals surface area contributed by atoms with Gasteiger partial charge in [-0.3, -0.25) is 14.4 Å². The van der Waals surface area contributed by atoms with E-state index in [0.29, 0.717) is 29.1 Å². The van der Waals surface area contributed by atoms with Gasteiger partial charge in [-0.25, -0.2) is 13.8 Å². The lowest BCUT2D eigenvalue weighted by Crippen LogP contribution is -2.38. The van der Waals surface area contributed by atoms with Crippen LogP contribution in [0.5, 0.6) is 5.88 Å². The van der Waals surface area contributed by atoms with Crippen LogP contribution >= 0.6 is 0 Å². The highest BCUT2D eigenvalue weighted by Gasteiger charge is 2.29. The maximum atomic E-state index is 14.3. The van der Waals surface area contributed by atoms with Crippen LogP contribution in [-0.4, -0.2) is 74.7 Å². The van der Waals surface area contributed by atoms with Crippen LogP contribution in [0.1, 0.15) is 26.4 Å². The Hall–Kier alpha value is -4.61. The van der Waals surface area contributed by atoms with Crippen molar-refractivity contribution in [3.05, 3.63) is 65.1 Å². The molecule has 1 aromatic carbocycles. The van der Waals surface area contributed by atoms with E-state index < -0.39 is 29.2 Å². The standard InChI is InChI=1S/C25H22F2N6O4/c1-31(2)25(36)20(34)18-11-28-21-16(18)9-17(23(30-21)37-3)24(35)32-6-7-33-14(12-32)10-29-22(33)15-5-4-13(26)8-19(15)27/h4-5,8-11H,6-7,12H2,1-3H3,(H,28,30). The number of hydrogen-bond acceptors (Lipinski definition) is 6. The van der Waals surface area contributed by atoms with Crippen LogP contribution in [0.25, 0.3) is 22.4 Å². The third-order valence-electron chi connectivity index (χ3n) is 6.24. The van der Waals surface area contributed by atoms with Crippen LogP contribution in [0, 0.1) is 11.6 Å². The minimum atomic E-state index is -0.732. The number of aromatic nitrogens is 4. The molecule has 37 heavy (non-hydrogen) atoms. The van der Waals surface area contributed by atoms with E-state index in [9.17, 15) is 23.2 Å². The fraction of sp³-hybridized carbons (Fsp3) is 0.240. The van der Waals surface area contributed by atoms with Crippen LogP contribution < -0.4 is 4.74 Å². The summed E-state index contributed by atoms with van der Waals surface area (Å²) in [6.45, 7) is 0.779. The van der Waals surface area contributed by atoms with E-state index in [1.54, 1.807) is 15.7 Å². The predicted octanol–water partition coefficient (Wildman–Crippen LogP) is 2.64. The van der Waals surface area contributed by atoms with Gasteiger partial charge >= 0.3 is 0 Å². The Morgan fingerprint density at radius 3 is 2.59 bits per heavy atom. The number of nitrogens with zero attached hydrogens (tertiary/aromatic N) is 5. The summed E-state index contributed by atoms with van der Waals surface area (Å²) in [5.41, 5.74) is 1.35. The molecule has 0 unspecified atom stereocenters. The van der Waals surface area contributed by atoms with Gasteiger partial charge in [0.25, 0.3) is 17.6 Å². The first-order valence-electron chi connectivity index (χ1n) is 11.3. The quantitative estimate of drug-likeness (QED) is 0.328. The summed E-state index contributed by atoms with van der Waals surface area (Å²) in [5.74, 6) is -2.83. The molecule has 0 aliphatic carbocycles. The van der Waals surface area contributed by atoms with Gasteiger partial charge in [-0.2, -0.15) is 4.98 Å². The van der Waals surface area contributed by atoms with E-state index in [4.69, 9.17) is 4.74 Å². The number of halogens is 2. The summed E-state index contributed by atoms with van der Waals surface area (Å²) in [4.78, 5) is 52.7. The van der Waals surface area contributed by atoms with Gasteiger partial charge in [0.15, 0.2) is 0 Å². The molecule has 0 saturated heterocycles. The Labute approximate surface area is 209 Å². The molecule has 0 atom stereocenters. The number of rotatable bonds is 5. The van der Waals surface area contributed by atoms with Crippen LogP contribution in [0.3, 0.4) is 0 Å². The number of ketones is 1. The number of hydrogen-bond donors (Lipinski definition) is 1. The predicted molar refractivity (Wildman–Crippen MR) is 128 cm³/mol. The second kappa shape index (κ2) is 9.12. The fourth-order valence-corrected chi connectivity index (χ4v) is 4.36. The molecule has 1 aliphatic rings. The van der Waals surface area contributed by atoms with Crippen molar-refractivity contribution in [1.29, 1.82) is 0 Å². The number of imidazole rings is 1. The van der Waals surface area contributed by atoms with Gasteiger partial charge in [-0.1, -0.05) is 0 Å². The normalized spacial score (nSPS) is 12.9. The van der Waals surface area contributed by atoms with E-state index in [1.807, 2.05) is 0 Å². The molecule has 2 amide bonds. The number of carbonyl (C=O) groups excluding carboxylic acids is 3. The van der Waals surface area contributed by atoms with Crippen molar-refractivity contribution in [1.82, 2.24) is 29.3 Å². The number of nitrogens with one attached hydrogen (secondary N) is 1. The van der Waals surface area contributed by atoms with Crippen LogP contribution in [-0.2, 0) is 17.9 Å². The Morgan fingerprint density at radius 1 is 1.11 bits per heavy atom. The number of aromatic amines is 1. The van der Waals surface area contributed by atoms with Gasteiger partial charge in [0.05, 0.1) is 36.7 Å². The Kier molecular flexibility index (Phi) is 5.94. The number of H-pyrrole nitrogens is 1. The molecule has 1 N–H and O–H groups in total. The molecule has 1 aliphatic heterocycles. The third kappa shape index (κ3) is 4.09. The highest BCUT2D eigenvalue weighted by Crippen LogP contribution is 2.30. The minimum Gasteiger partial charge on any atom is -0.480 e. The van der Waals surface area contributed by atoms with Crippen molar-refractivity contribution in [2.75, 3.05) is 27.7 Å². The average molecular weight is 508 g/mol. The molecular weight excluding hydrogens is 486 g/mol. The molecule has 3 aromatic heterocycles. The van der Waals surface area contributed by atoms with Crippen molar-refractivity contribution in [2.24, 2.45) is 0 Å². The lowest BCUT2D eigenvalue weighted by molar-refractivity contribution is -0.124. The number of fused-ring (bicyclic) bond motifs is 2. The molecule has 4 aromatic rings. The first kappa shape index (κ1) is 24.1. The zero-order valence-corrected chi connectivity index (χ0v) is 20.2. The molecule has 0 bridgehead atoms. The lowest BCUT2D eigenvalue weighted by atomic mass is 10.1. The van der Waals surface area contributed by atoms with E-state index in [1.165, 1.54) is 50.5 Å². The van der Waals surface area contributed by atoms with E-state index in [-0.39, 0.29) is 35.7 Å². The Morgan fingerprint density at radius 2 is 1.89 bits per heavy atom. The topological polar surface area (TPSA) is 113 Å². The van der Waals surface area contributed by atoms with Crippen molar-refractivity contribution < 1.29 is 27.9 Å². The SMILES string of the molecule is COc1nc2[nH]cc(C(=O)C(=O)N(C)C)c2cc1C(=O)N1CCn2c(cnc2-c2ccc(F)cc2F)C1. The highest BCUT2D eigenvalue weighted by atomic mass is 19.1. The average Bonchev–Trinajstić information content (AvgIpc) is 3.50. The molecule has 12 heteroatoms. The monoisotopic (exact) mass is 508 g/mol. The van der Waals surface area contributed by atoms with Gasteiger partial charge in [0.1, 0.15) is 28.7 Å². The Balaban J connectivity index is 1.47. The van der Waals surface area contributed by atoms with Crippen LogP contribution in [0.15, 0.2) is 36.7 Å². The van der Waals surface area contributed by atoms with Crippen molar-refractivity contribution >= 4 is 28.6 Å². The molecular formula is C25H22F2N6O4. The van der Waals surface area contributed by atoms with Crippen LogP contribution in [0.4, 0.5) is 8.78 Å². The summed E-state index contributed by atoms with van der Waals surface area (Å²) in [6, 6.07) is 4.79. The largest absolute Gasteiger partial charge is 0.480 e. The zero-order chi connectivity index (χ0) is 26.4. The molecule has 10 nitrogen and oxygen atoms in total. The zero-order valence-electron chi connectivity index (χ0n) is 20.2. The molecule has 4 heterocycles.